The summed E-state index contributed by atoms with van der Waals surface area (Å²) in [6.07, 6.45) is 3.88. The summed E-state index contributed by atoms with van der Waals surface area (Å²) in [5, 5.41) is 0. The molecule has 0 amide bonds. The van der Waals surface area contributed by atoms with Crippen LogP contribution in [0.5, 0.6) is 0 Å². The molecule has 2 heterocycles. The fraction of sp³-hybridized carbons (Fsp3) is 0.0714. The van der Waals surface area contributed by atoms with E-state index in [0.717, 1.165) is 32.6 Å². The topological polar surface area (TPSA) is 43.3 Å². The van der Waals surface area contributed by atoms with Crippen molar-refractivity contribution in [1.82, 2.24) is 9.38 Å². The van der Waals surface area contributed by atoms with Crippen molar-refractivity contribution in [3.05, 3.63) is 52.8 Å². The number of hydrogen-bond acceptors (Lipinski definition) is 2. The highest BCUT2D eigenvalue weighted by Gasteiger charge is 2.09. The molecule has 90 valence electrons. The standard InChI is InChI=1S/C14H12BrN3/c1-9-6-10(16)7-18-8-13(17-14(9)18)11-4-2-3-5-12(11)15/h2-8H,16H2,1H3. The number of hydrogen-bond donors (Lipinski definition) is 1. The van der Waals surface area contributed by atoms with Crippen molar-refractivity contribution in [3.8, 4) is 11.3 Å². The molecule has 0 radical (unpaired) electrons. The second kappa shape index (κ2) is 4.14. The number of fused-ring (bicyclic) bond motifs is 1. The molecule has 2 aromatic heterocycles. The lowest BCUT2D eigenvalue weighted by atomic mass is 10.2. The summed E-state index contributed by atoms with van der Waals surface area (Å²) in [4.78, 5) is 4.66. The Bertz CT molecular complexity index is 731. The van der Waals surface area contributed by atoms with Crippen molar-refractivity contribution in [1.29, 1.82) is 0 Å². The maximum absolute atomic E-state index is 5.84. The molecular weight excluding hydrogens is 290 g/mol. The average Bonchev–Trinajstić information content (AvgIpc) is 2.73. The molecule has 0 aliphatic heterocycles. The Kier molecular flexibility index (Phi) is 2.59. The fourth-order valence-corrected chi connectivity index (χ4v) is 2.58. The van der Waals surface area contributed by atoms with Crippen LogP contribution in [0, 0.1) is 6.92 Å². The maximum atomic E-state index is 5.84. The van der Waals surface area contributed by atoms with Crippen LogP contribution in [0.15, 0.2) is 47.2 Å². The summed E-state index contributed by atoms with van der Waals surface area (Å²) >= 11 is 3.55. The van der Waals surface area contributed by atoms with E-state index in [0.29, 0.717) is 0 Å². The largest absolute Gasteiger partial charge is 0.398 e. The van der Waals surface area contributed by atoms with Crippen molar-refractivity contribution in [2.75, 3.05) is 5.73 Å². The minimum Gasteiger partial charge on any atom is -0.398 e. The average molecular weight is 302 g/mol. The summed E-state index contributed by atoms with van der Waals surface area (Å²) < 4.78 is 3.01. The Morgan fingerprint density at radius 2 is 2.00 bits per heavy atom. The zero-order valence-corrected chi connectivity index (χ0v) is 11.5. The first-order valence-electron chi connectivity index (χ1n) is 5.65. The van der Waals surface area contributed by atoms with Crippen molar-refractivity contribution >= 4 is 27.3 Å². The first kappa shape index (κ1) is 11.3. The molecule has 4 heteroatoms. The van der Waals surface area contributed by atoms with E-state index in [1.807, 2.05) is 54.0 Å². The second-order valence-corrected chi connectivity index (χ2v) is 5.15. The van der Waals surface area contributed by atoms with Gasteiger partial charge in [0.1, 0.15) is 5.65 Å². The van der Waals surface area contributed by atoms with Crippen molar-refractivity contribution in [2.45, 2.75) is 6.92 Å². The molecule has 0 saturated heterocycles. The molecule has 3 rings (SSSR count). The number of pyridine rings is 1. The molecule has 3 aromatic rings. The van der Waals surface area contributed by atoms with E-state index >= 15 is 0 Å². The number of anilines is 1. The highest BCUT2D eigenvalue weighted by Crippen LogP contribution is 2.28. The number of rotatable bonds is 1. The normalized spacial score (nSPS) is 11.0. The molecule has 0 fully saturated rings. The van der Waals surface area contributed by atoms with E-state index in [1.165, 1.54) is 0 Å². The number of aromatic nitrogens is 2. The summed E-state index contributed by atoms with van der Waals surface area (Å²) in [6.45, 7) is 2.02. The Morgan fingerprint density at radius 1 is 1.22 bits per heavy atom. The second-order valence-electron chi connectivity index (χ2n) is 4.29. The van der Waals surface area contributed by atoms with Crippen molar-refractivity contribution in [2.24, 2.45) is 0 Å². The molecule has 18 heavy (non-hydrogen) atoms. The number of imidazole rings is 1. The van der Waals surface area contributed by atoms with Gasteiger partial charge in [0.2, 0.25) is 0 Å². The zero-order chi connectivity index (χ0) is 12.7. The summed E-state index contributed by atoms with van der Waals surface area (Å²) in [7, 11) is 0. The van der Waals surface area contributed by atoms with Crippen LogP contribution in [-0.4, -0.2) is 9.38 Å². The minimum absolute atomic E-state index is 0.746. The van der Waals surface area contributed by atoms with Crippen LogP contribution in [-0.2, 0) is 0 Å². The maximum Gasteiger partial charge on any atom is 0.140 e. The quantitative estimate of drug-likeness (QED) is 0.745. The lowest BCUT2D eigenvalue weighted by Crippen LogP contribution is -1.92. The Balaban J connectivity index is 2.26. The SMILES string of the molecule is Cc1cc(N)cn2cc(-c3ccccc3Br)nc12. The predicted molar refractivity (Wildman–Crippen MR) is 77.5 cm³/mol. The molecule has 0 saturated carbocycles. The van der Waals surface area contributed by atoms with Gasteiger partial charge in [-0.3, -0.25) is 0 Å². The van der Waals surface area contributed by atoms with E-state index in [2.05, 4.69) is 20.9 Å². The lowest BCUT2D eigenvalue weighted by molar-refractivity contribution is 1.17. The van der Waals surface area contributed by atoms with Crippen LogP contribution in [0.4, 0.5) is 5.69 Å². The number of benzene rings is 1. The molecule has 0 unspecified atom stereocenters. The molecule has 0 aliphatic rings. The Hall–Kier alpha value is -1.81. The van der Waals surface area contributed by atoms with Gasteiger partial charge in [0, 0.05) is 28.1 Å². The summed E-state index contributed by atoms with van der Waals surface area (Å²) in [6, 6.07) is 10.00. The van der Waals surface area contributed by atoms with E-state index in [9.17, 15) is 0 Å². The number of nitrogens with two attached hydrogens (primary N) is 1. The summed E-state index contributed by atoms with van der Waals surface area (Å²) in [5.41, 5.74) is 10.6. The van der Waals surface area contributed by atoms with Gasteiger partial charge in [-0.15, -0.1) is 0 Å². The van der Waals surface area contributed by atoms with E-state index < -0.39 is 0 Å². The highest BCUT2D eigenvalue weighted by molar-refractivity contribution is 9.10. The molecule has 0 spiro atoms. The van der Waals surface area contributed by atoms with Gasteiger partial charge in [0.25, 0.3) is 0 Å². The fourth-order valence-electron chi connectivity index (χ4n) is 2.09. The van der Waals surface area contributed by atoms with E-state index in [-0.39, 0.29) is 0 Å². The number of nitrogen functional groups attached to an aromatic ring is 1. The van der Waals surface area contributed by atoms with Gasteiger partial charge in [-0.2, -0.15) is 0 Å². The van der Waals surface area contributed by atoms with Gasteiger partial charge in [-0.1, -0.05) is 34.1 Å². The van der Waals surface area contributed by atoms with Crippen molar-refractivity contribution in [3.63, 3.8) is 0 Å². The van der Waals surface area contributed by atoms with Gasteiger partial charge >= 0.3 is 0 Å². The number of aryl methyl sites for hydroxylation is 1. The lowest BCUT2D eigenvalue weighted by Gasteiger charge is -1.98. The van der Waals surface area contributed by atoms with Crippen LogP contribution in [0.3, 0.4) is 0 Å². The third-order valence-electron chi connectivity index (χ3n) is 2.91. The molecule has 0 bridgehead atoms. The van der Waals surface area contributed by atoms with E-state index in [4.69, 9.17) is 5.73 Å². The Morgan fingerprint density at radius 3 is 2.78 bits per heavy atom. The van der Waals surface area contributed by atoms with Gasteiger partial charge in [0.15, 0.2) is 0 Å². The van der Waals surface area contributed by atoms with Crippen LogP contribution in [0.25, 0.3) is 16.9 Å². The van der Waals surface area contributed by atoms with Crippen LogP contribution >= 0.6 is 15.9 Å². The molecule has 3 nitrogen and oxygen atoms in total. The molecule has 1 aromatic carbocycles. The molecule has 0 atom stereocenters. The van der Waals surface area contributed by atoms with Crippen LogP contribution < -0.4 is 5.73 Å². The molecular formula is C14H12BrN3. The smallest absolute Gasteiger partial charge is 0.140 e. The van der Waals surface area contributed by atoms with Crippen molar-refractivity contribution < 1.29 is 0 Å². The number of halogens is 1. The number of nitrogens with zero attached hydrogens (tertiary/aromatic N) is 2. The third kappa shape index (κ3) is 1.78. The zero-order valence-electron chi connectivity index (χ0n) is 9.89. The molecule has 0 aliphatic carbocycles. The van der Waals surface area contributed by atoms with E-state index in [1.54, 1.807) is 0 Å². The van der Waals surface area contributed by atoms with Gasteiger partial charge in [-0.25, -0.2) is 4.98 Å². The van der Waals surface area contributed by atoms with Gasteiger partial charge in [-0.05, 0) is 24.6 Å². The van der Waals surface area contributed by atoms with Gasteiger partial charge in [0.05, 0.1) is 5.69 Å². The highest BCUT2D eigenvalue weighted by atomic mass is 79.9. The van der Waals surface area contributed by atoms with Gasteiger partial charge < -0.3 is 10.1 Å². The Labute approximate surface area is 113 Å². The summed E-state index contributed by atoms with van der Waals surface area (Å²) in [5.74, 6) is 0. The first-order valence-corrected chi connectivity index (χ1v) is 6.44. The molecule has 2 N–H and O–H groups in total. The predicted octanol–water partition coefficient (Wildman–Crippen LogP) is 3.65. The monoisotopic (exact) mass is 301 g/mol. The first-order chi connectivity index (χ1) is 8.65. The van der Waals surface area contributed by atoms with Crippen LogP contribution in [0.2, 0.25) is 0 Å². The minimum atomic E-state index is 0.746. The van der Waals surface area contributed by atoms with Crippen LogP contribution in [0.1, 0.15) is 5.56 Å². The third-order valence-corrected chi connectivity index (χ3v) is 3.60.